The van der Waals surface area contributed by atoms with Gasteiger partial charge in [0, 0.05) is 43.3 Å². The van der Waals surface area contributed by atoms with Crippen molar-refractivity contribution in [3.63, 3.8) is 0 Å². The second-order valence-electron chi connectivity index (χ2n) is 9.99. The average Bonchev–Trinajstić information content (AvgIpc) is 2.95. The molecular formula is C31H34N4O2. The Morgan fingerprint density at radius 3 is 2.35 bits per heavy atom. The number of aromatic nitrogens is 2. The molecule has 37 heavy (non-hydrogen) atoms. The minimum atomic E-state index is 0.0104. The van der Waals surface area contributed by atoms with Crippen LogP contribution in [0.1, 0.15) is 36.8 Å². The quantitative estimate of drug-likeness (QED) is 0.336. The molecule has 1 saturated carbocycles. The van der Waals surface area contributed by atoms with Crippen LogP contribution in [0.25, 0.3) is 10.8 Å². The van der Waals surface area contributed by atoms with E-state index in [9.17, 15) is 9.59 Å². The Hall–Kier alpha value is -3.93. The molecule has 2 heterocycles. The SMILES string of the molecule is O=C(NCCc1ccccc1)C1CCC(Cn2c(NCc3ccccc3)cc3cnccc3c2=O)CC1. The fourth-order valence-corrected chi connectivity index (χ4v) is 5.30. The average molecular weight is 495 g/mol. The second kappa shape index (κ2) is 11.9. The van der Waals surface area contributed by atoms with Crippen LogP contribution in [-0.2, 0) is 24.3 Å². The monoisotopic (exact) mass is 494 g/mol. The third-order valence-electron chi connectivity index (χ3n) is 7.44. The molecule has 2 N–H and O–H groups in total. The third kappa shape index (κ3) is 6.26. The molecule has 190 valence electrons. The van der Waals surface area contributed by atoms with Crippen molar-refractivity contribution in [2.75, 3.05) is 11.9 Å². The van der Waals surface area contributed by atoms with Crippen molar-refractivity contribution in [3.05, 3.63) is 107 Å². The van der Waals surface area contributed by atoms with Crippen molar-refractivity contribution in [2.45, 2.75) is 45.2 Å². The van der Waals surface area contributed by atoms with Gasteiger partial charge in [0.15, 0.2) is 0 Å². The number of nitrogens with zero attached hydrogens (tertiary/aromatic N) is 2. The summed E-state index contributed by atoms with van der Waals surface area (Å²) in [5, 5.41) is 8.14. The van der Waals surface area contributed by atoms with E-state index >= 15 is 0 Å². The van der Waals surface area contributed by atoms with Crippen LogP contribution in [-0.4, -0.2) is 22.0 Å². The number of hydrogen-bond acceptors (Lipinski definition) is 4. The highest BCUT2D eigenvalue weighted by Gasteiger charge is 2.27. The second-order valence-corrected chi connectivity index (χ2v) is 9.99. The van der Waals surface area contributed by atoms with Gasteiger partial charge in [0.1, 0.15) is 5.82 Å². The Balaban J connectivity index is 1.22. The predicted molar refractivity (Wildman–Crippen MR) is 148 cm³/mol. The zero-order valence-electron chi connectivity index (χ0n) is 21.1. The van der Waals surface area contributed by atoms with Crippen LogP contribution in [0.15, 0.2) is 90.0 Å². The number of rotatable bonds is 9. The normalized spacial score (nSPS) is 17.4. The van der Waals surface area contributed by atoms with Gasteiger partial charge in [-0.3, -0.25) is 19.1 Å². The molecule has 4 aromatic rings. The molecule has 1 fully saturated rings. The summed E-state index contributed by atoms with van der Waals surface area (Å²) in [6.07, 6.45) is 7.87. The van der Waals surface area contributed by atoms with E-state index in [0.29, 0.717) is 30.9 Å². The third-order valence-corrected chi connectivity index (χ3v) is 7.44. The van der Waals surface area contributed by atoms with Crippen LogP contribution in [0, 0.1) is 11.8 Å². The van der Waals surface area contributed by atoms with Gasteiger partial charge in [-0.1, -0.05) is 60.7 Å². The number of nitrogens with one attached hydrogen (secondary N) is 2. The molecule has 0 spiro atoms. The number of pyridine rings is 2. The Labute approximate surface area is 217 Å². The smallest absolute Gasteiger partial charge is 0.260 e. The number of benzene rings is 2. The van der Waals surface area contributed by atoms with Crippen molar-refractivity contribution < 1.29 is 4.79 Å². The van der Waals surface area contributed by atoms with Gasteiger partial charge in [-0.05, 0) is 61.3 Å². The zero-order valence-corrected chi connectivity index (χ0v) is 21.1. The number of anilines is 1. The van der Waals surface area contributed by atoms with E-state index in [0.717, 1.165) is 48.9 Å². The Morgan fingerprint density at radius 1 is 0.919 bits per heavy atom. The van der Waals surface area contributed by atoms with Crippen LogP contribution >= 0.6 is 0 Å². The highest BCUT2D eigenvalue weighted by atomic mass is 16.2. The van der Waals surface area contributed by atoms with Crippen LogP contribution in [0.4, 0.5) is 5.82 Å². The molecule has 1 aliphatic carbocycles. The molecule has 0 saturated heterocycles. The van der Waals surface area contributed by atoms with Gasteiger partial charge in [0.05, 0.1) is 5.39 Å². The molecule has 0 unspecified atom stereocenters. The van der Waals surface area contributed by atoms with Crippen LogP contribution in [0.2, 0.25) is 0 Å². The first kappa shape index (κ1) is 24.8. The molecule has 5 rings (SSSR count). The zero-order chi connectivity index (χ0) is 25.5. The molecule has 6 nitrogen and oxygen atoms in total. The first-order chi connectivity index (χ1) is 18.2. The lowest BCUT2D eigenvalue weighted by Crippen LogP contribution is -2.35. The predicted octanol–water partition coefficient (Wildman–Crippen LogP) is 5.17. The highest BCUT2D eigenvalue weighted by molar-refractivity contribution is 5.83. The number of fused-ring (bicyclic) bond motifs is 1. The molecule has 6 heteroatoms. The first-order valence-corrected chi connectivity index (χ1v) is 13.2. The van der Waals surface area contributed by atoms with Gasteiger partial charge >= 0.3 is 0 Å². The summed E-state index contributed by atoms with van der Waals surface area (Å²) in [6.45, 7) is 1.96. The molecule has 2 aromatic heterocycles. The fraction of sp³-hybridized carbons (Fsp3) is 0.323. The van der Waals surface area contributed by atoms with E-state index < -0.39 is 0 Å². The van der Waals surface area contributed by atoms with Crippen molar-refractivity contribution >= 4 is 22.5 Å². The van der Waals surface area contributed by atoms with E-state index in [1.807, 2.05) is 47.0 Å². The van der Waals surface area contributed by atoms with Crippen LogP contribution < -0.4 is 16.2 Å². The number of carbonyl (C=O) groups excluding carboxylic acids is 1. The number of hydrogen-bond donors (Lipinski definition) is 2. The van der Waals surface area contributed by atoms with E-state index in [4.69, 9.17) is 0 Å². The topological polar surface area (TPSA) is 76.0 Å². The Bertz CT molecular complexity index is 1380. The van der Waals surface area contributed by atoms with Gasteiger partial charge in [-0.25, -0.2) is 0 Å². The van der Waals surface area contributed by atoms with Crippen molar-refractivity contribution in [2.24, 2.45) is 11.8 Å². The first-order valence-electron chi connectivity index (χ1n) is 13.2. The van der Waals surface area contributed by atoms with Gasteiger partial charge in [-0.15, -0.1) is 0 Å². The maximum Gasteiger partial charge on any atom is 0.260 e. The molecule has 0 atom stereocenters. The summed E-state index contributed by atoms with van der Waals surface area (Å²) < 4.78 is 1.89. The standard InChI is InChI=1S/C31H34N4O2/c36-30(33-18-15-23-7-3-1-4-8-23)26-13-11-25(12-14-26)22-35-29(34-20-24-9-5-2-6-10-24)19-27-21-32-17-16-28(27)31(35)37/h1-10,16-17,19,21,25-26,34H,11-15,18,20,22H2,(H,33,36). The van der Waals surface area contributed by atoms with Gasteiger partial charge in [0.2, 0.25) is 5.91 Å². The van der Waals surface area contributed by atoms with Crippen molar-refractivity contribution in [1.82, 2.24) is 14.9 Å². The molecule has 1 aliphatic rings. The molecule has 2 aromatic carbocycles. The molecule has 0 bridgehead atoms. The van der Waals surface area contributed by atoms with E-state index in [1.165, 1.54) is 5.56 Å². The van der Waals surface area contributed by atoms with Gasteiger partial charge < -0.3 is 10.6 Å². The number of carbonyl (C=O) groups is 1. The Kier molecular flexibility index (Phi) is 7.94. The molecule has 1 amide bonds. The van der Waals surface area contributed by atoms with Crippen LogP contribution in [0.3, 0.4) is 0 Å². The van der Waals surface area contributed by atoms with Crippen molar-refractivity contribution in [1.29, 1.82) is 0 Å². The van der Waals surface area contributed by atoms with Gasteiger partial charge in [0.25, 0.3) is 5.56 Å². The Morgan fingerprint density at radius 2 is 1.62 bits per heavy atom. The lowest BCUT2D eigenvalue weighted by atomic mass is 9.81. The molecular weight excluding hydrogens is 460 g/mol. The molecule has 0 radical (unpaired) electrons. The maximum absolute atomic E-state index is 13.5. The largest absolute Gasteiger partial charge is 0.367 e. The summed E-state index contributed by atoms with van der Waals surface area (Å²) >= 11 is 0. The van der Waals surface area contributed by atoms with Crippen LogP contribution in [0.5, 0.6) is 0 Å². The summed E-state index contributed by atoms with van der Waals surface area (Å²) in [5.41, 5.74) is 2.41. The van der Waals surface area contributed by atoms with E-state index in [-0.39, 0.29) is 17.4 Å². The maximum atomic E-state index is 13.5. The van der Waals surface area contributed by atoms with Crippen molar-refractivity contribution in [3.8, 4) is 0 Å². The van der Waals surface area contributed by atoms with E-state index in [1.54, 1.807) is 18.5 Å². The summed E-state index contributed by atoms with van der Waals surface area (Å²) in [7, 11) is 0. The fourth-order valence-electron chi connectivity index (χ4n) is 5.30. The highest BCUT2D eigenvalue weighted by Crippen LogP contribution is 2.31. The lowest BCUT2D eigenvalue weighted by molar-refractivity contribution is -0.126. The van der Waals surface area contributed by atoms with Gasteiger partial charge in [-0.2, -0.15) is 0 Å². The summed E-state index contributed by atoms with van der Waals surface area (Å²) in [4.78, 5) is 30.4. The minimum absolute atomic E-state index is 0.0104. The summed E-state index contributed by atoms with van der Waals surface area (Å²) in [6, 6.07) is 24.2. The summed E-state index contributed by atoms with van der Waals surface area (Å²) in [5.74, 6) is 1.40. The molecule has 0 aliphatic heterocycles. The minimum Gasteiger partial charge on any atom is -0.367 e. The lowest BCUT2D eigenvalue weighted by Gasteiger charge is -2.29. The van der Waals surface area contributed by atoms with E-state index in [2.05, 4.69) is 39.9 Å². The number of amides is 1.